The van der Waals surface area contributed by atoms with Crippen molar-refractivity contribution in [2.75, 3.05) is 32.6 Å². The second-order valence-electron chi connectivity index (χ2n) is 7.17. The van der Waals surface area contributed by atoms with Gasteiger partial charge in [-0.05, 0) is 61.6 Å². The average Bonchev–Trinajstić information content (AvgIpc) is 2.75. The number of rotatable bonds is 7. The van der Waals surface area contributed by atoms with Crippen LogP contribution >= 0.6 is 0 Å². The molecule has 0 aliphatic heterocycles. The highest BCUT2D eigenvalue weighted by Gasteiger charge is 2.20. The predicted octanol–water partition coefficient (Wildman–Crippen LogP) is 3.60. The Balaban J connectivity index is 1.65. The fraction of sp³-hybridized carbons (Fsp3) is 0.250. The number of hydrogen-bond acceptors (Lipinski definition) is 4. The third kappa shape index (κ3) is 5.15. The van der Waals surface area contributed by atoms with Crippen molar-refractivity contribution in [3.8, 4) is 5.75 Å². The minimum atomic E-state index is -0.699. The van der Waals surface area contributed by atoms with Gasteiger partial charge in [0.1, 0.15) is 5.75 Å². The highest BCUT2D eigenvalue weighted by molar-refractivity contribution is 6.39. The van der Waals surface area contributed by atoms with E-state index in [1.165, 1.54) is 0 Å². The molecule has 156 valence electrons. The lowest BCUT2D eigenvalue weighted by Gasteiger charge is -2.26. The number of nitrogens with one attached hydrogen (secondary N) is 2. The molecule has 0 aromatic heterocycles. The second-order valence-corrected chi connectivity index (χ2v) is 7.17. The zero-order chi connectivity index (χ0) is 21.5. The van der Waals surface area contributed by atoms with Crippen LogP contribution in [0.5, 0.6) is 5.75 Å². The molecule has 2 N–H and O–H groups in total. The van der Waals surface area contributed by atoms with Crippen molar-refractivity contribution in [2.45, 2.75) is 13.0 Å². The van der Waals surface area contributed by atoms with Gasteiger partial charge in [0, 0.05) is 12.2 Å². The highest BCUT2D eigenvalue weighted by atomic mass is 16.5. The van der Waals surface area contributed by atoms with Crippen molar-refractivity contribution in [1.82, 2.24) is 10.2 Å². The van der Waals surface area contributed by atoms with Crippen LogP contribution in [-0.4, -0.2) is 44.0 Å². The lowest BCUT2D eigenvalue weighted by Crippen LogP contribution is -2.40. The fourth-order valence-electron chi connectivity index (χ4n) is 3.37. The Bertz CT molecular complexity index is 1010. The first-order valence-electron chi connectivity index (χ1n) is 9.95. The number of nitrogens with zero attached hydrogens (tertiary/aromatic N) is 1. The van der Waals surface area contributed by atoms with E-state index in [1.807, 2.05) is 44.1 Å². The normalized spacial score (nSPS) is 11.9. The Labute approximate surface area is 176 Å². The number of anilines is 1. The second kappa shape index (κ2) is 9.89. The largest absolute Gasteiger partial charge is 0.494 e. The molecule has 3 aromatic rings. The first-order chi connectivity index (χ1) is 14.5. The Morgan fingerprint density at radius 1 is 0.933 bits per heavy atom. The summed E-state index contributed by atoms with van der Waals surface area (Å²) in [6.45, 7) is 2.79. The summed E-state index contributed by atoms with van der Waals surface area (Å²) in [6, 6.07) is 21.1. The van der Waals surface area contributed by atoms with Gasteiger partial charge in [0.05, 0.1) is 12.6 Å². The number of amides is 2. The van der Waals surface area contributed by atoms with Gasteiger partial charge in [0.15, 0.2) is 0 Å². The molecule has 30 heavy (non-hydrogen) atoms. The van der Waals surface area contributed by atoms with E-state index in [2.05, 4.69) is 34.9 Å². The summed E-state index contributed by atoms with van der Waals surface area (Å²) in [5.74, 6) is -0.658. The van der Waals surface area contributed by atoms with Crippen LogP contribution < -0.4 is 15.4 Å². The molecule has 0 aliphatic rings. The Kier molecular flexibility index (Phi) is 7.03. The molecule has 1 atom stereocenters. The van der Waals surface area contributed by atoms with Crippen molar-refractivity contribution in [3.63, 3.8) is 0 Å². The first kappa shape index (κ1) is 21.3. The summed E-state index contributed by atoms with van der Waals surface area (Å²) >= 11 is 0. The average molecular weight is 405 g/mol. The van der Waals surface area contributed by atoms with Gasteiger partial charge in [-0.15, -0.1) is 0 Å². The molecule has 2 amide bonds. The summed E-state index contributed by atoms with van der Waals surface area (Å²) < 4.78 is 5.38. The Morgan fingerprint density at radius 2 is 1.63 bits per heavy atom. The van der Waals surface area contributed by atoms with E-state index >= 15 is 0 Å². The Hall–Kier alpha value is -3.38. The molecular formula is C24H27N3O3. The molecule has 0 bridgehead atoms. The molecule has 6 nitrogen and oxygen atoms in total. The van der Waals surface area contributed by atoms with E-state index in [4.69, 9.17) is 4.74 Å². The number of benzene rings is 3. The van der Waals surface area contributed by atoms with Crippen LogP contribution in [-0.2, 0) is 9.59 Å². The predicted molar refractivity (Wildman–Crippen MR) is 120 cm³/mol. The summed E-state index contributed by atoms with van der Waals surface area (Å²) in [6.07, 6.45) is 0. The molecule has 0 aliphatic carbocycles. The monoisotopic (exact) mass is 405 g/mol. The van der Waals surface area contributed by atoms with Crippen LogP contribution in [0, 0.1) is 0 Å². The minimum Gasteiger partial charge on any atom is -0.494 e. The summed E-state index contributed by atoms with van der Waals surface area (Å²) in [5, 5.41) is 7.65. The van der Waals surface area contributed by atoms with Crippen LogP contribution in [0.2, 0.25) is 0 Å². The van der Waals surface area contributed by atoms with Crippen molar-refractivity contribution in [1.29, 1.82) is 0 Å². The summed E-state index contributed by atoms with van der Waals surface area (Å²) in [4.78, 5) is 26.7. The van der Waals surface area contributed by atoms with E-state index < -0.39 is 11.8 Å². The number of likely N-dealkylation sites (N-methyl/N-ethyl adjacent to an activating group) is 1. The number of fused-ring (bicyclic) bond motifs is 1. The molecule has 0 radical (unpaired) electrons. The summed E-state index contributed by atoms with van der Waals surface area (Å²) in [7, 11) is 3.91. The zero-order valence-electron chi connectivity index (χ0n) is 17.5. The zero-order valence-corrected chi connectivity index (χ0v) is 17.5. The van der Waals surface area contributed by atoms with Gasteiger partial charge in [0.2, 0.25) is 0 Å². The van der Waals surface area contributed by atoms with Crippen molar-refractivity contribution < 1.29 is 14.3 Å². The number of hydrogen-bond donors (Lipinski definition) is 2. The van der Waals surface area contributed by atoms with E-state index in [0.29, 0.717) is 24.6 Å². The van der Waals surface area contributed by atoms with Crippen molar-refractivity contribution >= 4 is 28.3 Å². The Morgan fingerprint density at radius 3 is 2.33 bits per heavy atom. The lowest BCUT2D eigenvalue weighted by atomic mass is 9.98. The van der Waals surface area contributed by atoms with E-state index in [9.17, 15) is 9.59 Å². The van der Waals surface area contributed by atoms with Gasteiger partial charge in [-0.1, -0.05) is 42.5 Å². The lowest BCUT2D eigenvalue weighted by molar-refractivity contribution is -0.136. The summed E-state index contributed by atoms with van der Waals surface area (Å²) in [5.41, 5.74) is 1.64. The molecule has 0 heterocycles. The molecule has 0 fully saturated rings. The SMILES string of the molecule is CCOc1ccc(NC(=O)C(=O)NCC(c2cccc3ccccc23)N(C)C)cc1. The van der Waals surface area contributed by atoms with Gasteiger partial charge in [-0.3, -0.25) is 9.59 Å². The number of ether oxygens (including phenoxy) is 1. The third-order valence-electron chi connectivity index (χ3n) is 4.89. The van der Waals surface area contributed by atoms with Gasteiger partial charge in [0.25, 0.3) is 0 Å². The molecule has 3 aromatic carbocycles. The molecule has 0 saturated carbocycles. The minimum absolute atomic E-state index is 0.0710. The van der Waals surface area contributed by atoms with E-state index in [-0.39, 0.29) is 6.04 Å². The van der Waals surface area contributed by atoms with E-state index in [1.54, 1.807) is 24.3 Å². The molecular weight excluding hydrogens is 378 g/mol. The maximum atomic E-state index is 12.4. The van der Waals surface area contributed by atoms with Crippen LogP contribution in [0.25, 0.3) is 10.8 Å². The van der Waals surface area contributed by atoms with Crippen LogP contribution in [0.4, 0.5) is 5.69 Å². The van der Waals surface area contributed by atoms with Gasteiger partial charge in [-0.2, -0.15) is 0 Å². The maximum Gasteiger partial charge on any atom is 0.313 e. The van der Waals surface area contributed by atoms with Gasteiger partial charge in [-0.25, -0.2) is 0 Å². The van der Waals surface area contributed by atoms with Crippen molar-refractivity contribution in [2.24, 2.45) is 0 Å². The van der Waals surface area contributed by atoms with Crippen LogP contribution in [0.3, 0.4) is 0 Å². The number of carbonyl (C=O) groups excluding carboxylic acids is 2. The number of carbonyl (C=O) groups is 2. The van der Waals surface area contributed by atoms with Gasteiger partial charge >= 0.3 is 11.8 Å². The quantitative estimate of drug-likeness (QED) is 0.590. The highest BCUT2D eigenvalue weighted by Crippen LogP contribution is 2.26. The third-order valence-corrected chi connectivity index (χ3v) is 4.89. The maximum absolute atomic E-state index is 12.4. The standard InChI is InChI=1S/C24H27N3O3/c1-4-30-19-14-12-18(13-15-19)26-24(29)23(28)25-16-22(27(2)3)21-11-7-9-17-8-5-6-10-20(17)21/h5-15,22H,4,16H2,1-3H3,(H,25,28)(H,26,29). The van der Waals surface area contributed by atoms with Gasteiger partial charge < -0.3 is 20.3 Å². The van der Waals surface area contributed by atoms with Crippen LogP contribution in [0.1, 0.15) is 18.5 Å². The topological polar surface area (TPSA) is 70.7 Å². The fourth-order valence-corrected chi connectivity index (χ4v) is 3.37. The molecule has 0 spiro atoms. The van der Waals surface area contributed by atoms with E-state index in [0.717, 1.165) is 16.3 Å². The first-order valence-corrected chi connectivity index (χ1v) is 9.95. The molecule has 1 unspecified atom stereocenters. The molecule has 0 saturated heterocycles. The molecule has 6 heteroatoms. The molecule has 3 rings (SSSR count). The van der Waals surface area contributed by atoms with Crippen LogP contribution in [0.15, 0.2) is 66.7 Å². The smallest absolute Gasteiger partial charge is 0.313 e. The van der Waals surface area contributed by atoms with Crippen molar-refractivity contribution in [3.05, 3.63) is 72.3 Å².